The van der Waals surface area contributed by atoms with E-state index in [4.69, 9.17) is 0 Å². The van der Waals surface area contributed by atoms with Crippen molar-refractivity contribution >= 4 is 34.6 Å². The first-order valence-corrected chi connectivity index (χ1v) is 9.69. The Labute approximate surface area is 167 Å². The van der Waals surface area contributed by atoms with E-state index in [-0.39, 0.29) is 11.7 Å². The summed E-state index contributed by atoms with van der Waals surface area (Å²) in [6.45, 7) is 0.441. The molecule has 0 aliphatic carbocycles. The van der Waals surface area contributed by atoms with Crippen molar-refractivity contribution in [3.8, 4) is 5.75 Å². The van der Waals surface area contributed by atoms with Gasteiger partial charge in [0.2, 0.25) is 0 Å². The Balaban J connectivity index is 1.71. The Hall–Kier alpha value is -3.31. The van der Waals surface area contributed by atoms with Gasteiger partial charge in [0.25, 0.3) is 5.91 Å². The maximum Gasteiger partial charge on any atom is 0.267 e. The molecule has 1 amide bonds. The zero-order valence-corrected chi connectivity index (χ0v) is 15.8. The summed E-state index contributed by atoms with van der Waals surface area (Å²) >= 11 is 1.32. The van der Waals surface area contributed by atoms with Crippen molar-refractivity contribution in [1.29, 1.82) is 0 Å². The normalized spacial score (nSPS) is 16.9. The molecule has 3 aromatic rings. The molecule has 5 heteroatoms. The SMILES string of the molecule is O=C1C(=Cc2ccccc2O)SC(=Nc2ccccc2)N1Cc1ccccc1. The van der Waals surface area contributed by atoms with Crippen LogP contribution in [0.3, 0.4) is 0 Å². The van der Waals surface area contributed by atoms with Crippen LogP contribution < -0.4 is 0 Å². The van der Waals surface area contributed by atoms with Crippen LogP contribution in [0.5, 0.6) is 5.75 Å². The molecule has 0 aromatic heterocycles. The molecule has 0 unspecified atom stereocenters. The van der Waals surface area contributed by atoms with E-state index in [0.29, 0.717) is 22.2 Å². The van der Waals surface area contributed by atoms with Crippen LogP contribution in [-0.2, 0) is 11.3 Å². The molecule has 1 fully saturated rings. The topological polar surface area (TPSA) is 52.9 Å². The number of aliphatic imine (C=N–C) groups is 1. The molecule has 3 aromatic carbocycles. The molecule has 0 bridgehead atoms. The maximum atomic E-state index is 13.1. The largest absolute Gasteiger partial charge is 0.507 e. The number of rotatable bonds is 4. The van der Waals surface area contributed by atoms with Crippen molar-refractivity contribution < 1.29 is 9.90 Å². The van der Waals surface area contributed by atoms with Crippen molar-refractivity contribution in [3.63, 3.8) is 0 Å². The standard InChI is InChI=1S/C23H18N2O2S/c26-20-14-8-7-11-18(20)15-21-22(27)25(16-17-9-3-1-4-10-17)23(28-21)24-19-12-5-2-6-13-19/h1-15,26H,16H2. The molecule has 4 rings (SSSR count). The Morgan fingerprint density at radius 2 is 1.54 bits per heavy atom. The summed E-state index contributed by atoms with van der Waals surface area (Å²) in [6, 6.07) is 26.4. The lowest BCUT2D eigenvalue weighted by Gasteiger charge is -2.15. The Bertz CT molecular complexity index is 1050. The molecule has 138 valence electrons. The van der Waals surface area contributed by atoms with Crippen molar-refractivity contribution in [2.45, 2.75) is 6.54 Å². The molecular weight excluding hydrogens is 368 g/mol. The van der Waals surface area contributed by atoms with E-state index in [1.807, 2.05) is 66.7 Å². The molecular formula is C23H18N2O2S. The van der Waals surface area contributed by atoms with E-state index in [9.17, 15) is 9.90 Å². The van der Waals surface area contributed by atoms with Crippen molar-refractivity contribution in [2.24, 2.45) is 4.99 Å². The van der Waals surface area contributed by atoms with E-state index in [2.05, 4.69) is 4.99 Å². The van der Waals surface area contributed by atoms with Gasteiger partial charge in [0.1, 0.15) is 5.75 Å². The summed E-state index contributed by atoms with van der Waals surface area (Å²) in [5, 5.41) is 10.7. The number of hydrogen-bond donors (Lipinski definition) is 1. The van der Waals surface area contributed by atoms with E-state index in [1.54, 1.807) is 29.2 Å². The van der Waals surface area contributed by atoms with Crippen molar-refractivity contribution in [2.75, 3.05) is 0 Å². The second-order valence-corrected chi connectivity index (χ2v) is 7.29. The molecule has 0 saturated carbocycles. The number of para-hydroxylation sites is 2. The fraction of sp³-hybridized carbons (Fsp3) is 0.0435. The number of benzene rings is 3. The number of hydrogen-bond acceptors (Lipinski definition) is 4. The van der Waals surface area contributed by atoms with Crippen LogP contribution in [-0.4, -0.2) is 21.1 Å². The number of thioether (sulfide) groups is 1. The molecule has 1 aliphatic rings. The second-order valence-electron chi connectivity index (χ2n) is 6.28. The highest BCUT2D eigenvalue weighted by Gasteiger charge is 2.33. The van der Waals surface area contributed by atoms with Gasteiger partial charge in [0, 0.05) is 5.56 Å². The Kier molecular flexibility index (Phi) is 5.26. The van der Waals surface area contributed by atoms with Crippen LogP contribution in [0.15, 0.2) is 94.8 Å². The highest BCUT2D eigenvalue weighted by atomic mass is 32.2. The van der Waals surface area contributed by atoms with Gasteiger partial charge in [-0.3, -0.25) is 9.69 Å². The first-order chi connectivity index (χ1) is 13.7. The maximum absolute atomic E-state index is 13.1. The molecule has 4 nitrogen and oxygen atoms in total. The van der Waals surface area contributed by atoms with Gasteiger partial charge in [-0.2, -0.15) is 0 Å². The van der Waals surface area contributed by atoms with Crippen LogP contribution in [0.4, 0.5) is 5.69 Å². The molecule has 0 spiro atoms. The summed E-state index contributed by atoms with van der Waals surface area (Å²) in [7, 11) is 0. The quantitative estimate of drug-likeness (QED) is 0.627. The van der Waals surface area contributed by atoms with Crippen molar-refractivity contribution in [3.05, 3.63) is 101 Å². The third-order valence-corrected chi connectivity index (χ3v) is 5.28. The third-order valence-electron chi connectivity index (χ3n) is 4.28. The Morgan fingerprint density at radius 1 is 0.893 bits per heavy atom. The highest BCUT2D eigenvalue weighted by molar-refractivity contribution is 8.18. The minimum atomic E-state index is -0.119. The van der Waals surface area contributed by atoms with Crippen LogP contribution >= 0.6 is 11.8 Å². The first kappa shape index (κ1) is 18.1. The predicted molar refractivity (Wildman–Crippen MR) is 114 cm³/mol. The molecule has 1 aliphatic heterocycles. The fourth-order valence-electron chi connectivity index (χ4n) is 2.86. The molecule has 1 heterocycles. The number of phenols is 1. The smallest absolute Gasteiger partial charge is 0.267 e. The summed E-state index contributed by atoms with van der Waals surface area (Å²) in [5.74, 6) is 0.0262. The van der Waals surface area contributed by atoms with E-state index < -0.39 is 0 Å². The van der Waals surface area contributed by atoms with Gasteiger partial charge in [-0.1, -0.05) is 66.7 Å². The van der Waals surface area contributed by atoms with Crippen LogP contribution in [0.1, 0.15) is 11.1 Å². The Morgan fingerprint density at radius 3 is 2.25 bits per heavy atom. The number of nitrogens with zero attached hydrogens (tertiary/aromatic N) is 2. The van der Waals surface area contributed by atoms with E-state index >= 15 is 0 Å². The number of aromatic hydroxyl groups is 1. The fourth-order valence-corrected chi connectivity index (χ4v) is 3.85. The van der Waals surface area contributed by atoms with Crippen LogP contribution in [0, 0.1) is 0 Å². The number of carbonyl (C=O) groups excluding carboxylic acids is 1. The lowest BCUT2D eigenvalue weighted by molar-refractivity contribution is -0.122. The summed E-state index contributed by atoms with van der Waals surface area (Å²) in [6.07, 6.45) is 1.72. The summed E-state index contributed by atoms with van der Waals surface area (Å²) in [4.78, 5) is 20.0. The van der Waals surface area contributed by atoms with Gasteiger partial charge in [-0.15, -0.1) is 0 Å². The first-order valence-electron chi connectivity index (χ1n) is 8.88. The van der Waals surface area contributed by atoms with Gasteiger partial charge < -0.3 is 5.11 Å². The predicted octanol–water partition coefficient (Wildman–Crippen LogP) is 5.20. The molecule has 1 N–H and O–H groups in total. The van der Waals surface area contributed by atoms with Gasteiger partial charge in [-0.05, 0) is 41.6 Å². The van der Waals surface area contributed by atoms with Gasteiger partial charge >= 0.3 is 0 Å². The molecule has 0 radical (unpaired) electrons. The van der Waals surface area contributed by atoms with Gasteiger partial charge in [0.05, 0.1) is 17.1 Å². The average molecular weight is 386 g/mol. The summed E-state index contributed by atoms with van der Waals surface area (Å²) in [5.41, 5.74) is 2.43. The number of amidine groups is 1. The van der Waals surface area contributed by atoms with E-state index in [1.165, 1.54) is 11.8 Å². The van der Waals surface area contributed by atoms with Crippen LogP contribution in [0.2, 0.25) is 0 Å². The molecule has 28 heavy (non-hydrogen) atoms. The van der Waals surface area contributed by atoms with E-state index in [0.717, 1.165) is 11.3 Å². The highest BCUT2D eigenvalue weighted by Crippen LogP contribution is 2.36. The molecule has 1 saturated heterocycles. The summed E-state index contributed by atoms with van der Waals surface area (Å²) < 4.78 is 0. The van der Waals surface area contributed by atoms with Gasteiger partial charge in [-0.25, -0.2) is 4.99 Å². The van der Waals surface area contributed by atoms with Gasteiger partial charge in [0.15, 0.2) is 5.17 Å². The van der Waals surface area contributed by atoms with Crippen molar-refractivity contribution in [1.82, 2.24) is 4.90 Å². The third kappa shape index (κ3) is 4.00. The number of phenolic OH excluding ortho intramolecular Hbond substituents is 1. The molecule has 0 atom stereocenters. The monoisotopic (exact) mass is 386 g/mol. The van der Waals surface area contributed by atoms with Crippen LogP contribution in [0.25, 0.3) is 6.08 Å². The lowest BCUT2D eigenvalue weighted by atomic mass is 10.2. The number of carbonyl (C=O) groups is 1. The zero-order chi connectivity index (χ0) is 19.3. The minimum Gasteiger partial charge on any atom is -0.507 e. The number of amides is 1. The average Bonchev–Trinajstić information content (AvgIpc) is 3.00. The second kappa shape index (κ2) is 8.15. The minimum absolute atomic E-state index is 0.119. The lowest BCUT2D eigenvalue weighted by Crippen LogP contribution is -2.28. The zero-order valence-electron chi connectivity index (χ0n) is 15.0.